The second-order valence-corrected chi connectivity index (χ2v) is 9.07. The first-order valence-electron chi connectivity index (χ1n) is 11.9. The van der Waals surface area contributed by atoms with Gasteiger partial charge >= 0.3 is 0 Å². The standard InChI is InChI=1S/C27H25N7O3/c1-16-4-6-18(7-5-16)14-37-21-9-8-19(12-22(21)36-3)20-13-25(35)29-27-26(20)17(2)31-34(27)24-11-10-23-30-28-15-33(23)32-24/h4-12,15,20H,13-14H2,1-3H3,(H,29,35). The number of methoxy groups -OCH3 is 1. The van der Waals surface area contributed by atoms with Gasteiger partial charge in [-0.15, -0.1) is 15.3 Å². The summed E-state index contributed by atoms with van der Waals surface area (Å²) in [4.78, 5) is 12.8. The van der Waals surface area contributed by atoms with Crippen LogP contribution in [0.2, 0.25) is 0 Å². The SMILES string of the molecule is COc1cc(C2CC(=O)Nc3c2c(C)nn3-c2ccc3nncn3n2)ccc1OCc1ccc(C)cc1. The van der Waals surface area contributed by atoms with Gasteiger partial charge in [0, 0.05) is 17.9 Å². The molecule has 0 spiro atoms. The summed E-state index contributed by atoms with van der Waals surface area (Å²) in [6.07, 6.45) is 1.82. The van der Waals surface area contributed by atoms with Crippen LogP contribution in [0.3, 0.4) is 0 Å². The van der Waals surface area contributed by atoms with Crippen LogP contribution in [0.15, 0.2) is 60.9 Å². The molecule has 1 atom stereocenters. The lowest BCUT2D eigenvalue weighted by Gasteiger charge is -2.25. The Kier molecular flexibility index (Phi) is 5.56. The molecule has 0 aliphatic carbocycles. The number of anilines is 1. The molecule has 1 amide bonds. The summed E-state index contributed by atoms with van der Waals surface area (Å²) in [5.74, 6) is 2.12. The first kappa shape index (κ1) is 22.7. The highest BCUT2D eigenvalue weighted by atomic mass is 16.5. The highest BCUT2D eigenvalue weighted by molar-refractivity contribution is 5.95. The predicted octanol–water partition coefficient (Wildman–Crippen LogP) is 3.99. The third-order valence-corrected chi connectivity index (χ3v) is 6.57. The summed E-state index contributed by atoms with van der Waals surface area (Å²) in [6, 6.07) is 17.7. The van der Waals surface area contributed by atoms with Gasteiger partial charge in [0.15, 0.2) is 23.0 Å². The fraction of sp³-hybridized carbons (Fsp3) is 0.222. The average molecular weight is 496 g/mol. The molecule has 10 heteroatoms. The van der Waals surface area contributed by atoms with Gasteiger partial charge < -0.3 is 14.8 Å². The van der Waals surface area contributed by atoms with E-state index in [0.717, 1.165) is 22.4 Å². The van der Waals surface area contributed by atoms with E-state index >= 15 is 0 Å². The van der Waals surface area contributed by atoms with Crippen LogP contribution in [-0.2, 0) is 11.4 Å². The topological polar surface area (TPSA) is 108 Å². The summed E-state index contributed by atoms with van der Waals surface area (Å²) >= 11 is 0. The van der Waals surface area contributed by atoms with Crippen molar-refractivity contribution in [2.45, 2.75) is 32.8 Å². The Labute approximate surface area is 212 Å². The van der Waals surface area contributed by atoms with Gasteiger partial charge in [-0.3, -0.25) is 4.79 Å². The molecule has 3 aromatic heterocycles. The van der Waals surface area contributed by atoms with Gasteiger partial charge in [-0.25, -0.2) is 0 Å². The van der Waals surface area contributed by atoms with Crippen molar-refractivity contribution in [3.05, 3.63) is 88.9 Å². The molecular formula is C27H25N7O3. The molecule has 0 bridgehead atoms. The highest BCUT2D eigenvalue weighted by Crippen LogP contribution is 2.42. The molecule has 186 valence electrons. The van der Waals surface area contributed by atoms with Gasteiger partial charge in [0.2, 0.25) is 5.91 Å². The Morgan fingerprint density at radius 1 is 1.03 bits per heavy atom. The number of hydrogen-bond acceptors (Lipinski definition) is 7. The van der Waals surface area contributed by atoms with Gasteiger partial charge in [0.05, 0.1) is 12.8 Å². The fourth-order valence-electron chi connectivity index (χ4n) is 4.69. The van der Waals surface area contributed by atoms with E-state index in [2.05, 4.69) is 51.8 Å². The first-order chi connectivity index (χ1) is 18.0. The maximum atomic E-state index is 12.8. The molecule has 10 nitrogen and oxygen atoms in total. The zero-order valence-electron chi connectivity index (χ0n) is 20.7. The minimum Gasteiger partial charge on any atom is -0.493 e. The lowest BCUT2D eigenvalue weighted by atomic mass is 9.85. The third-order valence-electron chi connectivity index (χ3n) is 6.57. The fourth-order valence-corrected chi connectivity index (χ4v) is 4.69. The van der Waals surface area contributed by atoms with E-state index in [-0.39, 0.29) is 11.8 Å². The molecule has 1 N–H and O–H groups in total. The lowest BCUT2D eigenvalue weighted by Crippen LogP contribution is -2.25. The predicted molar refractivity (Wildman–Crippen MR) is 136 cm³/mol. The van der Waals surface area contributed by atoms with Crippen LogP contribution >= 0.6 is 0 Å². The Balaban J connectivity index is 1.34. The van der Waals surface area contributed by atoms with Crippen LogP contribution in [0.1, 0.15) is 40.3 Å². The molecule has 0 saturated carbocycles. The second kappa shape index (κ2) is 9.05. The summed E-state index contributed by atoms with van der Waals surface area (Å²) in [7, 11) is 1.62. The lowest BCUT2D eigenvalue weighted by molar-refractivity contribution is -0.116. The number of nitrogens with zero attached hydrogens (tertiary/aromatic N) is 6. The van der Waals surface area contributed by atoms with Gasteiger partial charge in [-0.05, 0) is 49.2 Å². The Hall–Kier alpha value is -4.73. The molecule has 6 rings (SSSR count). The number of amides is 1. The number of aryl methyl sites for hydroxylation is 2. The number of nitrogens with one attached hydrogen (secondary N) is 1. The molecule has 0 saturated heterocycles. The average Bonchev–Trinajstić information content (AvgIpc) is 3.51. The molecule has 1 aliphatic heterocycles. The molecule has 0 fully saturated rings. The van der Waals surface area contributed by atoms with Crippen molar-refractivity contribution in [3.63, 3.8) is 0 Å². The first-order valence-corrected chi connectivity index (χ1v) is 11.9. The Morgan fingerprint density at radius 3 is 2.68 bits per heavy atom. The molecule has 0 radical (unpaired) electrons. The van der Waals surface area contributed by atoms with Crippen LogP contribution in [-0.4, -0.2) is 42.6 Å². The number of rotatable bonds is 6. The quantitative estimate of drug-likeness (QED) is 0.379. The second-order valence-electron chi connectivity index (χ2n) is 9.07. The number of fused-ring (bicyclic) bond motifs is 2. The van der Waals surface area contributed by atoms with Crippen molar-refractivity contribution in [1.29, 1.82) is 0 Å². The highest BCUT2D eigenvalue weighted by Gasteiger charge is 2.33. The van der Waals surface area contributed by atoms with E-state index in [1.807, 2.05) is 25.1 Å². The summed E-state index contributed by atoms with van der Waals surface area (Å²) in [6.45, 7) is 4.43. The maximum absolute atomic E-state index is 12.8. The van der Waals surface area contributed by atoms with Gasteiger partial charge in [0.1, 0.15) is 18.8 Å². The van der Waals surface area contributed by atoms with E-state index in [9.17, 15) is 4.79 Å². The van der Waals surface area contributed by atoms with Crippen molar-refractivity contribution in [2.75, 3.05) is 12.4 Å². The van der Waals surface area contributed by atoms with E-state index in [1.54, 1.807) is 28.4 Å². The smallest absolute Gasteiger partial charge is 0.226 e. The monoisotopic (exact) mass is 495 g/mol. The summed E-state index contributed by atoms with van der Waals surface area (Å²) < 4.78 is 15.0. The van der Waals surface area contributed by atoms with E-state index in [4.69, 9.17) is 14.6 Å². The van der Waals surface area contributed by atoms with Crippen LogP contribution in [0.4, 0.5) is 5.82 Å². The van der Waals surface area contributed by atoms with Gasteiger partial charge in [-0.2, -0.15) is 14.3 Å². The molecule has 1 unspecified atom stereocenters. The molecule has 1 aliphatic rings. The third kappa shape index (κ3) is 4.16. The maximum Gasteiger partial charge on any atom is 0.226 e. The summed E-state index contributed by atoms with van der Waals surface area (Å²) in [5.41, 5.74) is 5.60. The minimum absolute atomic E-state index is 0.0947. The molecule has 2 aromatic carbocycles. The van der Waals surface area contributed by atoms with Crippen molar-refractivity contribution >= 4 is 17.4 Å². The molecule has 5 aromatic rings. The van der Waals surface area contributed by atoms with Crippen LogP contribution in [0, 0.1) is 13.8 Å². The van der Waals surface area contributed by atoms with Gasteiger partial charge in [-0.1, -0.05) is 35.9 Å². The van der Waals surface area contributed by atoms with E-state index in [0.29, 0.717) is 41.8 Å². The minimum atomic E-state index is -0.198. The van der Waals surface area contributed by atoms with Crippen molar-refractivity contribution in [1.82, 2.24) is 29.6 Å². The van der Waals surface area contributed by atoms with Crippen LogP contribution < -0.4 is 14.8 Å². The summed E-state index contributed by atoms with van der Waals surface area (Å²) in [5, 5.41) is 20.1. The number of benzene rings is 2. The zero-order chi connectivity index (χ0) is 25.5. The number of aromatic nitrogens is 6. The zero-order valence-corrected chi connectivity index (χ0v) is 20.7. The van der Waals surface area contributed by atoms with Crippen molar-refractivity contribution in [3.8, 4) is 17.3 Å². The normalized spacial score (nSPS) is 14.9. The number of hydrogen-bond donors (Lipinski definition) is 1. The van der Waals surface area contributed by atoms with Gasteiger partial charge in [0.25, 0.3) is 0 Å². The number of carbonyl (C=O) groups excluding carboxylic acids is 1. The van der Waals surface area contributed by atoms with Crippen molar-refractivity contribution in [2.24, 2.45) is 0 Å². The van der Waals surface area contributed by atoms with E-state index in [1.165, 1.54) is 11.9 Å². The van der Waals surface area contributed by atoms with Crippen molar-refractivity contribution < 1.29 is 14.3 Å². The number of carbonyl (C=O) groups is 1. The Morgan fingerprint density at radius 2 is 1.86 bits per heavy atom. The van der Waals surface area contributed by atoms with Crippen LogP contribution in [0.25, 0.3) is 11.5 Å². The Bertz CT molecular complexity index is 1620. The largest absolute Gasteiger partial charge is 0.493 e. The molecule has 4 heterocycles. The molecular weight excluding hydrogens is 470 g/mol. The molecule has 37 heavy (non-hydrogen) atoms. The number of ether oxygens (including phenoxy) is 2. The van der Waals surface area contributed by atoms with Crippen LogP contribution in [0.5, 0.6) is 11.5 Å². The van der Waals surface area contributed by atoms with E-state index < -0.39 is 0 Å².